The summed E-state index contributed by atoms with van der Waals surface area (Å²) in [5.74, 6) is -0.0492. The number of hydrogen-bond acceptors (Lipinski definition) is 5. The van der Waals surface area contributed by atoms with Crippen LogP contribution in [0.1, 0.15) is 373 Å². The molecule has 0 aromatic rings. The van der Waals surface area contributed by atoms with Gasteiger partial charge < -0.3 is 20.3 Å². The fourth-order valence-electron chi connectivity index (χ4n) is 10.7. The first kappa shape index (κ1) is 74.1. The second kappa shape index (κ2) is 65.6. The lowest BCUT2D eigenvalue weighted by molar-refractivity contribution is -0.143. The zero-order chi connectivity index (χ0) is 55.0. The molecule has 0 spiro atoms. The smallest absolute Gasteiger partial charge is 0.305 e. The molecule has 6 heteroatoms. The lowest BCUT2D eigenvalue weighted by Crippen LogP contribution is -2.45. The molecule has 0 fully saturated rings. The van der Waals surface area contributed by atoms with Gasteiger partial charge in [0.25, 0.3) is 0 Å². The summed E-state index contributed by atoms with van der Waals surface area (Å²) in [6, 6.07) is -0.625. The zero-order valence-corrected chi connectivity index (χ0v) is 51.3. The van der Waals surface area contributed by atoms with Gasteiger partial charge in [-0.05, 0) is 64.2 Å². The summed E-state index contributed by atoms with van der Waals surface area (Å²) in [4.78, 5) is 24.5. The summed E-state index contributed by atoms with van der Waals surface area (Å²) >= 11 is 0. The van der Waals surface area contributed by atoms with E-state index in [1.54, 1.807) is 6.08 Å². The maximum Gasteiger partial charge on any atom is 0.305 e. The predicted molar refractivity (Wildman–Crippen MR) is 333 cm³/mol. The van der Waals surface area contributed by atoms with Crippen LogP contribution in [0, 0.1) is 0 Å². The minimum absolute atomic E-state index is 0.0164. The first-order valence-electron chi connectivity index (χ1n) is 34.3. The van der Waals surface area contributed by atoms with E-state index in [1.807, 2.05) is 6.08 Å². The van der Waals surface area contributed by atoms with Crippen LogP contribution in [0.2, 0.25) is 0 Å². The van der Waals surface area contributed by atoms with E-state index in [1.165, 1.54) is 302 Å². The summed E-state index contributed by atoms with van der Waals surface area (Å²) in [6.07, 6.45) is 83.7. The molecule has 0 radical (unpaired) electrons. The van der Waals surface area contributed by atoms with Gasteiger partial charge in [-0.15, -0.1) is 0 Å². The van der Waals surface area contributed by atoms with Gasteiger partial charge in [0.2, 0.25) is 5.91 Å². The summed E-state index contributed by atoms with van der Waals surface area (Å²) in [6.45, 7) is 4.92. The van der Waals surface area contributed by atoms with Gasteiger partial charge in [-0.2, -0.15) is 0 Å². The number of rotatable bonds is 64. The van der Waals surface area contributed by atoms with Crippen molar-refractivity contribution in [2.24, 2.45) is 0 Å². The van der Waals surface area contributed by atoms with Crippen molar-refractivity contribution < 1.29 is 24.5 Å². The molecule has 6 nitrogen and oxygen atoms in total. The number of esters is 1. The second-order valence-corrected chi connectivity index (χ2v) is 23.5. The minimum atomic E-state index is -0.842. The van der Waals surface area contributed by atoms with E-state index >= 15 is 0 Å². The van der Waals surface area contributed by atoms with E-state index < -0.39 is 12.1 Å². The Morgan fingerprint density at radius 1 is 0.368 bits per heavy atom. The maximum atomic E-state index is 12.4. The first-order valence-corrected chi connectivity index (χ1v) is 34.3. The number of amides is 1. The van der Waals surface area contributed by atoms with Crippen molar-refractivity contribution in [3.63, 3.8) is 0 Å². The van der Waals surface area contributed by atoms with Crippen LogP contribution < -0.4 is 5.32 Å². The Bertz CT molecular complexity index is 1230. The highest BCUT2D eigenvalue weighted by Gasteiger charge is 2.18. The summed E-state index contributed by atoms with van der Waals surface area (Å²) in [5.41, 5.74) is 0. The lowest BCUT2D eigenvalue weighted by atomic mass is 10.0. The quantitative estimate of drug-likeness (QED) is 0.0320. The Labute approximate surface area is 474 Å². The normalized spacial score (nSPS) is 12.7. The molecule has 0 heterocycles. The predicted octanol–water partition coefficient (Wildman–Crippen LogP) is 21.9. The SMILES string of the molecule is CCCCCCCCCCCC/C=C/C(O)C(CO)NC(=O)CCCCCCCCCCCCCCCCCCC/C=C\C/C=C\CCCCCCCCCCCOC(=O)CCCCCCCCCCCCCCCC. The molecule has 0 aliphatic carbocycles. The van der Waals surface area contributed by atoms with Gasteiger partial charge in [0.1, 0.15) is 0 Å². The third-order valence-corrected chi connectivity index (χ3v) is 15.9. The second-order valence-electron chi connectivity index (χ2n) is 23.5. The number of ether oxygens (including phenoxy) is 1. The highest BCUT2D eigenvalue weighted by Crippen LogP contribution is 2.18. The number of unbranched alkanes of at least 4 members (excludes halogenated alkanes) is 49. The highest BCUT2D eigenvalue weighted by molar-refractivity contribution is 5.76. The number of nitrogens with one attached hydrogen (secondary N) is 1. The van der Waals surface area contributed by atoms with Crippen LogP contribution in [0.25, 0.3) is 0 Å². The molecule has 0 aliphatic rings. The Morgan fingerprint density at radius 3 is 1.00 bits per heavy atom. The molecule has 0 aromatic carbocycles. The van der Waals surface area contributed by atoms with Crippen molar-refractivity contribution in [3.05, 3.63) is 36.5 Å². The molecular formula is C70H133NO5. The Kier molecular flexibility index (Phi) is 63.9. The Balaban J connectivity index is 3.37. The van der Waals surface area contributed by atoms with Crippen molar-refractivity contribution in [2.45, 2.75) is 386 Å². The molecule has 0 saturated carbocycles. The Morgan fingerprint density at radius 2 is 0.658 bits per heavy atom. The fourth-order valence-corrected chi connectivity index (χ4v) is 10.7. The van der Waals surface area contributed by atoms with Crippen molar-refractivity contribution in [3.8, 4) is 0 Å². The van der Waals surface area contributed by atoms with Crippen molar-refractivity contribution in [1.29, 1.82) is 0 Å². The number of carbonyl (C=O) groups is 2. The van der Waals surface area contributed by atoms with E-state index in [0.29, 0.717) is 19.4 Å². The van der Waals surface area contributed by atoms with E-state index in [0.717, 1.165) is 44.9 Å². The molecule has 448 valence electrons. The number of hydrogen-bond donors (Lipinski definition) is 3. The van der Waals surface area contributed by atoms with Gasteiger partial charge in [-0.1, -0.05) is 333 Å². The van der Waals surface area contributed by atoms with E-state index in [9.17, 15) is 19.8 Å². The Hall–Kier alpha value is -1.92. The average molecular weight is 1070 g/mol. The highest BCUT2D eigenvalue weighted by atomic mass is 16.5. The van der Waals surface area contributed by atoms with Gasteiger partial charge in [0, 0.05) is 12.8 Å². The van der Waals surface area contributed by atoms with Gasteiger partial charge in [0.15, 0.2) is 0 Å². The van der Waals surface area contributed by atoms with E-state index in [4.69, 9.17) is 4.74 Å². The molecule has 2 atom stereocenters. The third-order valence-electron chi connectivity index (χ3n) is 15.9. The molecule has 0 saturated heterocycles. The number of carbonyl (C=O) groups excluding carboxylic acids is 2. The van der Waals surface area contributed by atoms with Crippen LogP contribution in [-0.2, 0) is 14.3 Å². The summed E-state index contributed by atoms with van der Waals surface area (Å²) < 4.78 is 5.49. The monoisotopic (exact) mass is 1070 g/mol. The third kappa shape index (κ3) is 61.3. The molecule has 1 amide bonds. The molecule has 0 rings (SSSR count). The van der Waals surface area contributed by atoms with Gasteiger partial charge in [-0.3, -0.25) is 9.59 Å². The summed E-state index contributed by atoms with van der Waals surface area (Å²) in [5, 5.41) is 23.1. The van der Waals surface area contributed by atoms with Crippen LogP contribution in [0.15, 0.2) is 36.5 Å². The maximum absolute atomic E-state index is 12.4. The number of allylic oxidation sites excluding steroid dienone is 5. The average Bonchev–Trinajstić information content (AvgIpc) is 3.42. The van der Waals surface area contributed by atoms with Crippen LogP contribution in [-0.4, -0.2) is 47.4 Å². The zero-order valence-electron chi connectivity index (χ0n) is 51.3. The summed E-state index contributed by atoms with van der Waals surface area (Å²) in [7, 11) is 0. The molecule has 0 aliphatic heterocycles. The van der Waals surface area contributed by atoms with Crippen LogP contribution >= 0.6 is 0 Å². The fraction of sp³-hybridized carbons (Fsp3) is 0.886. The first-order chi connectivity index (χ1) is 37.5. The number of aliphatic hydroxyl groups excluding tert-OH is 2. The standard InChI is InChI=1S/C70H133NO5/c1-3-5-7-9-11-13-15-17-40-44-48-52-56-60-64-70(75)76-65-61-57-53-49-45-41-38-36-34-32-30-28-26-24-22-20-18-19-21-23-25-27-29-31-33-35-37-39-43-47-51-55-59-63-69(74)71-67(66-72)68(73)62-58-54-50-46-42-16-14-12-10-8-6-4-2/h22,24,28,30,58,62,67-68,72-73H,3-21,23,25-27,29,31-57,59-61,63-66H2,1-2H3,(H,71,74)/b24-22-,30-28-,62-58+. The van der Waals surface area contributed by atoms with Gasteiger partial charge >= 0.3 is 5.97 Å². The minimum Gasteiger partial charge on any atom is -0.466 e. The van der Waals surface area contributed by atoms with E-state index in [-0.39, 0.29) is 18.5 Å². The molecular weight excluding hydrogens is 935 g/mol. The van der Waals surface area contributed by atoms with Crippen molar-refractivity contribution in [2.75, 3.05) is 13.2 Å². The van der Waals surface area contributed by atoms with Crippen LogP contribution in [0.4, 0.5) is 0 Å². The molecule has 2 unspecified atom stereocenters. The van der Waals surface area contributed by atoms with Gasteiger partial charge in [-0.25, -0.2) is 0 Å². The molecule has 3 N–H and O–H groups in total. The van der Waals surface area contributed by atoms with Gasteiger partial charge in [0.05, 0.1) is 25.4 Å². The largest absolute Gasteiger partial charge is 0.466 e. The topological polar surface area (TPSA) is 95.9 Å². The van der Waals surface area contributed by atoms with Crippen LogP contribution in [0.3, 0.4) is 0 Å². The molecule has 0 aromatic heterocycles. The molecule has 0 bridgehead atoms. The van der Waals surface area contributed by atoms with E-state index in [2.05, 4.69) is 43.5 Å². The lowest BCUT2D eigenvalue weighted by Gasteiger charge is -2.20. The molecule has 76 heavy (non-hydrogen) atoms. The van der Waals surface area contributed by atoms with Crippen molar-refractivity contribution >= 4 is 11.9 Å². The van der Waals surface area contributed by atoms with Crippen LogP contribution in [0.5, 0.6) is 0 Å². The number of aliphatic hydroxyl groups is 2. The van der Waals surface area contributed by atoms with Crippen molar-refractivity contribution in [1.82, 2.24) is 5.32 Å².